The molecule has 6 nitrogen and oxygen atoms in total. The Labute approximate surface area is 120 Å². The van der Waals surface area contributed by atoms with Crippen molar-refractivity contribution in [1.82, 2.24) is 9.97 Å². The normalized spacial score (nSPS) is 19.1. The smallest absolute Gasteiger partial charge is 0.221 e. The summed E-state index contributed by atoms with van der Waals surface area (Å²) in [4.78, 5) is 8.97. The number of hydrazine groups is 1. The highest BCUT2D eigenvalue weighted by Gasteiger charge is 2.23. The van der Waals surface area contributed by atoms with Gasteiger partial charge in [0, 0.05) is 12.0 Å². The second-order valence-corrected chi connectivity index (χ2v) is 6.17. The van der Waals surface area contributed by atoms with Gasteiger partial charge in [-0.1, -0.05) is 20.8 Å². The Balaban J connectivity index is 2.21. The lowest BCUT2D eigenvalue weighted by Gasteiger charge is -2.20. The molecule has 3 N–H and O–H groups in total. The van der Waals surface area contributed by atoms with E-state index >= 15 is 0 Å². The van der Waals surface area contributed by atoms with Crippen LogP contribution < -0.4 is 16.0 Å². The largest absolute Gasteiger partial charge is 0.475 e. The van der Waals surface area contributed by atoms with Crippen molar-refractivity contribution in [2.45, 2.75) is 52.1 Å². The van der Waals surface area contributed by atoms with Gasteiger partial charge in [0.2, 0.25) is 5.88 Å². The van der Waals surface area contributed by atoms with Gasteiger partial charge in [0.15, 0.2) is 5.82 Å². The van der Waals surface area contributed by atoms with Crippen molar-refractivity contribution in [3.63, 3.8) is 0 Å². The summed E-state index contributed by atoms with van der Waals surface area (Å²) in [7, 11) is 0. The summed E-state index contributed by atoms with van der Waals surface area (Å²) in [5, 5.41) is 0. The van der Waals surface area contributed by atoms with E-state index in [4.69, 9.17) is 15.3 Å². The minimum atomic E-state index is -0.165. The molecule has 0 spiro atoms. The molecule has 0 aliphatic carbocycles. The lowest BCUT2D eigenvalue weighted by atomic mass is 9.95. The SMILES string of the molecule is Cc1c(NN)nc(C(C)(C)C)nc1OCC1CCCO1. The van der Waals surface area contributed by atoms with E-state index in [1.807, 2.05) is 6.92 Å². The molecule has 0 amide bonds. The van der Waals surface area contributed by atoms with Crippen LogP contribution in [0.25, 0.3) is 0 Å². The highest BCUT2D eigenvalue weighted by molar-refractivity contribution is 5.48. The summed E-state index contributed by atoms with van der Waals surface area (Å²) in [6, 6.07) is 0. The number of anilines is 1. The minimum Gasteiger partial charge on any atom is -0.475 e. The average molecular weight is 280 g/mol. The molecule has 1 atom stereocenters. The van der Waals surface area contributed by atoms with Gasteiger partial charge in [-0.3, -0.25) is 0 Å². The zero-order valence-electron chi connectivity index (χ0n) is 12.7. The van der Waals surface area contributed by atoms with Gasteiger partial charge in [0.25, 0.3) is 0 Å². The summed E-state index contributed by atoms with van der Waals surface area (Å²) >= 11 is 0. The van der Waals surface area contributed by atoms with E-state index in [0.717, 1.165) is 25.0 Å². The first-order valence-electron chi connectivity index (χ1n) is 7.02. The van der Waals surface area contributed by atoms with Crippen molar-refractivity contribution in [2.75, 3.05) is 18.6 Å². The lowest BCUT2D eigenvalue weighted by molar-refractivity contribution is 0.0659. The molecule has 20 heavy (non-hydrogen) atoms. The maximum atomic E-state index is 5.83. The summed E-state index contributed by atoms with van der Waals surface area (Å²) in [6.45, 7) is 9.41. The zero-order valence-corrected chi connectivity index (χ0v) is 12.7. The predicted molar refractivity (Wildman–Crippen MR) is 77.7 cm³/mol. The van der Waals surface area contributed by atoms with Gasteiger partial charge < -0.3 is 14.9 Å². The molecule has 1 aliphatic rings. The Morgan fingerprint density at radius 2 is 2.15 bits per heavy atom. The molecule has 0 saturated carbocycles. The van der Waals surface area contributed by atoms with Crippen LogP contribution >= 0.6 is 0 Å². The first-order chi connectivity index (χ1) is 9.41. The number of hydrogen-bond donors (Lipinski definition) is 2. The summed E-state index contributed by atoms with van der Waals surface area (Å²) < 4.78 is 11.4. The molecule has 1 aromatic rings. The Kier molecular flexibility index (Phi) is 4.45. The van der Waals surface area contributed by atoms with Gasteiger partial charge in [-0.25, -0.2) is 10.8 Å². The van der Waals surface area contributed by atoms with E-state index in [2.05, 4.69) is 36.2 Å². The van der Waals surface area contributed by atoms with E-state index in [9.17, 15) is 0 Å². The number of nitrogens with zero attached hydrogens (tertiary/aromatic N) is 2. The Bertz CT molecular complexity index is 465. The van der Waals surface area contributed by atoms with Gasteiger partial charge >= 0.3 is 0 Å². The van der Waals surface area contributed by atoms with Gasteiger partial charge in [0.05, 0.1) is 11.7 Å². The fourth-order valence-electron chi connectivity index (χ4n) is 2.06. The quantitative estimate of drug-likeness (QED) is 0.648. The van der Waals surface area contributed by atoms with Crippen molar-refractivity contribution in [3.8, 4) is 5.88 Å². The molecule has 1 fully saturated rings. The Morgan fingerprint density at radius 1 is 1.40 bits per heavy atom. The summed E-state index contributed by atoms with van der Waals surface area (Å²) in [5.74, 6) is 7.42. The maximum Gasteiger partial charge on any atom is 0.221 e. The van der Waals surface area contributed by atoms with E-state index in [1.165, 1.54) is 0 Å². The van der Waals surface area contributed by atoms with Crippen LogP contribution in [0.3, 0.4) is 0 Å². The van der Waals surface area contributed by atoms with Crippen molar-refractivity contribution in [2.24, 2.45) is 5.84 Å². The van der Waals surface area contributed by atoms with E-state index in [0.29, 0.717) is 24.1 Å². The molecule has 2 rings (SSSR count). The second kappa shape index (κ2) is 5.93. The molecular weight excluding hydrogens is 256 g/mol. The standard InChI is InChI=1S/C14H24N4O2/c1-9-11(18-15)16-13(14(2,3)4)17-12(9)20-8-10-6-5-7-19-10/h10H,5-8,15H2,1-4H3,(H,16,17,18). The number of ether oxygens (including phenoxy) is 2. The van der Waals surface area contributed by atoms with Crippen LogP contribution in [0.4, 0.5) is 5.82 Å². The van der Waals surface area contributed by atoms with Gasteiger partial charge in [0.1, 0.15) is 12.4 Å². The zero-order chi connectivity index (χ0) is 14.8. The second-order valence-electron chi connectivity index (χ2n) is 6.17. The predicted octanol–water partition coefficient (Wildman–Crippen LogP) is 1.93. The van der Waals surface area contributed by atoms with Gasteiger partial charge in [-0.15, -0.1) is 0 Å². The number of nitrogens with two attached hydrogens (primary N) is 1. The molecule has 1 aliphatic heterocycles. The molecular formula is C14H24N4O2. The van der Waals surface area contributed by atoms with Crippen LogP contribution in [0.1, 0.15) is 45.0 Å². The fourth-order valence-corrected chi connectivity index (χ4v) is 2.06. The molecule has 0 radical (unpaired) electrons. The molecule has 6 heteroatoms. The highest BCUT2D eigenvalue weighted by Crippen LogP contribution is 2.27. The van der Waals surface area contributed by atoms with Crippen LogP contribution in [0.15, 0.2) is 0 Å². The number of nitrogen functional groups attached to an aromatic ring is 1. The average Bonchev–Trinajstić information content (AvgIpc) is 2.89. The van der Waals surface area contributed by atoms with E-state index in [1.54, 1.807) is 0 Å². The van der Waals surface area contributed by atoms with Crippen LogP contribution in [0, 0.1) is 6.92 Å². The van der Waals surface area contributed by atoms with Crippen molar-refractivity contribution < 1.29 is 9.47 Å². The van der Waals surface area contributed by atoms with Gasteiger partial charge in [-0.05, 0) is 19.8 Å². The number of rotatable bonds is 4. The molecule has 0 aromatic carbocycles. The molecule has 112 valence electrons. The van der Waals surface area contributed by atoms with Crippen LogP contribution in [0.5, 0.6) is 5.88 Å². The Hall–Kier alpha value is -1.40. The third-order valence-electron chi connectivity index (χ3n) is 3.34. The molecule has 0 bridgehead atoms. The highest BCUT2D eigenvalue weighted by atomic mass is 16.5. The summed E-state index contributed by atoms with van der Waals surface area (Å²) in [5.41, 5.74) is 3.27. The maximum absolute atomic E-state index is 5.83. The van der Waals surface area contributed by atoms with Crippen molar-refractivity contribution >= 4 is 5.82 Å². The van der Waals surface area contributed by atoms with Crippen molar-refractivity contribution in [3.05, 3.63) is 11.4 Å². The molecule has 2 heterocycles. The number of hydrogen-bond acceptors (Lipinski definition) is 6. The Morgan fingerprint density at radius 3 is 2.70 bits per heavy atom. The van der Waals surface area contributed by atoms with E-state index in [-0.39, 0.29) is 11.5 Å². The van der Waals surface area contributed by atoms with Crippen LogP contribution in [-0.4, -0.2) is 29.3 Å². The van der Waals surface area contributed by atoms with Crippen LogP contribution in [0.2, 0.25) is 0 Å². The first kappa shape index (κ1) is 15.0. The van der Waals surface area contributed by atoms with Crippen molar-refractivity contribution in [1.29, 1.82) is 0 Å². The third kappa shape index (κ3) is 3.37. The molecule has 1 unspecified atom stereocenters. The number of aromatic nitrogens is 2. The van der Waals surface area contributed by atoms with Crippen LogP contribution in [-0.2, 0) is 10.2 Å². The lowest BCUT2D eigenvalue weighted by Crippen LogP contribution is -2.22. The van der Waals surface area contributed by atoms with E-state index < -0.39 is 0 Å². The molecule has 1 aromatic heterocycles. The fraction of sp³-hybridized carbons (Fsp3) is 0.714. The topological polar surface area (TPSA) is 82.3 Å². The van der Waals surface area contributed by atoms with Gasteiger partial charge in [-0.2, -0.15) is 4.98 Å². The third-order valence-corrected chi connectivity index (χ3v) is 3.34. The summed E-state index contributed by atoms with van der Waals surface area (Å²) in [6.07, 6.45) is 2.30. The first-order valence-corrected chi connectivity index (χ1v) is 7.02. The number of nitrogens with one attached hydrogen (secondary N) is 1. The monoisotopic (exact) mass is 280 g/mol. The minimum absolute atomic E-state index is 0.164. The molecule has 1 saturated heterocycles.